The number of benzene rings is 2. The van der Waals surface area contributed by atoms with Crippen LogP contribution in [0.2, 0.25) is 0 Å². The van der Waals surface area contributed by atoms with Gasteiger partial charge in [-0.2, -0.15) is 0 Å². The molecule has 0 aliphatic heterocycles. The van der Waals surface area contributed by atoms with Gasteiger partial charge in [-0.1, -0.05) is 54.2 Å². The number of carbonyl (C=O) groups excluding carboxylic acids is 1. The van der Waals surface area contributed by atoms with Gasteiger partial charge in [0.1, 0.15) is 5.82 Å². The quantitative estimate of drug-likeness (QED) is 0.403. The van der Waals surface area contributed by atoms with Crippen molar-refractivity contribution in [1.29, 1.82) is 0 Å². The largest absolute Gasteiger partial charge is 0.325 e. The molecule has 0 unspecified atom stereocenters. The Hall–Kier alpha value is -2.90. The zero-order chi connectivity index (χ0) is 20.9. The molecule has 5 nitrogen and oxygen atoms in total. The smallest absolute Gasteiger partial charge is 0.234 e. The maximum atomic E-state index is 12.6. The molecule has 0 saturated heterocycles. The molecule has 0 atom stereocenters. The minimum Gasteiger partial charge on any atom is -0.325 e. The fourth-order valence-corrected chi connectivity index (χ4v) is 4.70. The molecule has 30 heavy (non-hydrogen) atoms. The summed E-state index contributed by atoms with van der Waals surface area (Å²) < 4.78 is 2.04. The van der Waals surface area contributed by atoms with E-state index in [0.717, 1.165) is 28.3 Å². The van der Waals surface area contributed by atoms with Crippen LogP contribution in [0.3, 0.4) is 0 Å². The van der Waals surface area contributed by atoms with Crippen molar-refractivity contribution < 1.29 is 4.79 Å². The van der Waals surface area contributed by atoms with Gasteiger partial charge >= 0.3 is 0 Å². The van der Waals surface area contributed by atoms with Crippen molar-refractivity contribution in [3.63, 3.8) is 0 Å². The van der Waals surface area contributed by atoms with Crippen molar-refractivity contribution in [2.75, 3.05) is 11.1 Å². The third kappa shape index (κ3) is 4.63. The number of nitrogens with one attached hydrogen (secondary N) is 1. The van der Waals surface area contributed by atoms with E-state index in [-0.39, 0.29) is 11.7 Å². The molecule has 1 N–H and O–H groups in total. The maximum Gasteiger partial charge on any atom is 0.234 e. The summed E-state index contributed by atoms with van der Waals surface area (Å²) in [6.45, 7) is 4.00. The van der Waals surface area contributed by atoms with Crippen LogP contribution in [0.25, 0.3) is 5.69 Å². The standard InChI is InChI=1S/C23H22N4OS2/c1-16-8-6-9-17(2)22(16)24-21(28)15-30-23-26-25-20(14-19-12-7-13-29-19)27(23)18-10-4-3-5-11-18/h3-13H,14-15H2,1-2H3,(H,24,28). The van der Waals surface area contributed by atoms with E-state index in [0.29, 0.717) is 11.6 Å². The summed E-state index contributed by atoms with van der Waals surface area (Å²) in [7, 11) is 0. The molecule has 152 valence electrons. The van der Waals surface area contributed by atoms with Crippen molar-refractivity contribution in [3.05, 3.63) is 87.9 Å². The topological polar surface area (TPSA) is 59.8 Å². The molecule has 0 bridgehead atoms. The number of aryl methyl sites for hydroxylation is 2. The lowest BCUT2D eigenvalue weighted by atomic mass is 10.1. The fourth-order valence-electron chi connectivity index (χ4n) is 3.23. The van der Waals surface area contributed by atoms with E-state index < -0.39 is 0 Å². The number of nitrogens with zero attached hydrogens (tertiary/aromatic N) is 3. The molecule has 1 amide bonds. The first-order chi connectivity index (χ1) is 14.6. The van der Waals surface area contributed by atoms with Crippen LogP contribution in [0.15, 0.2) is 71.2 Å². The third-order valence-corrected chi connectivity index (χ3v) is 6.51. The molecular formula is C23H22N4OS2. The lowest BCUT2D eigenvalue weighted by molar-refractivity contribution is -0.113. The molecule has 2 aromatic carbocycles. The van der Waals surface area contributed by atoms with Gasteiger partial charge in [0, 0.05) is 22.7 Å². The van der Waals surface area contributed by atoms with Crippen LogP contribution in [0.1, 0.15) is 21.8 Å². The number of aromatic nitrogens is 3. The minimum atomic E-state index is -0.0557. The third-order valence-electron chi connectivity index (χ3n) is 4.71. The molecule has 0 saturated carbocycles. The highest BCUT2D eigenvalue weighted by molar-refractivity contribution is 7.99. The van der Waals surface area contributed by atoms with Crippen LogP contribution in [0, 0.1) is 13.8 Å². The predicted molar refractivity (Wildman–Crippen MR) is 124 cm³/mol. The summed E-state index contributed by atoms with van der Waals surface area (Å²) in [5.74, 6) is 1.07. The molecule has 2 heterocycles. The first kappa shape index (κ1) is 20.4. The number of anilines is 1. The average Bonchev–Trinajstić information content (AvgIpc) is 3.40. The average molecular weight is 435 g/mol. The highest BCUT2D eigenvalue weighted by Crippen LogP contribution is 2.25. The second-order valence-corrected chi connectivity index (χ2v) is 8.90. The number of thiophene rings is 1. The summed E-state index contributed by atoms with van der Waals surface area (Å²) in [6.07, 6.45) is 0.703. The number of thioether (sulfide) groups is 1. The summed E-state index contributed by atoms with van der Waals surface area (Å²) >= 11 is 3.10. The lowest BCUT2D eigenvalue weighted by Gasteiger charge is -2.12. The van der Waals surface area contributed by atoms with E-state index in [1.54, 1.807) is 11.3 Å². The van der Waals surface area contributed by atoms with Crippen LogP contribution in [-0.2, 0) is 11.2 Å². The molecule has 0 spiro atoms. The first-order valence-electron chi connectivity index (χ1n) is 9.63. The van der Waals surface area contributed by atoms with Gasteiger partial charge in [-0.3, -0.25) is 9.36 Å². The van der Waals surface area contributed by atoms with Gasteiger partial charge in [0.25, 0.3) is 0 Å². The fraction of sp³-hybridized carbons (Fsp3) is 0.174. The number of hydrogen-bond donors (Lipinski definition) is 1. The monoisotopic (exact) mass is 434 g/mol. The van der Waals surface area contributed by atoms with E-state index in [9.17, 15) is 4.79 Å². The van der Waals surface area contributed by atoms with Gasteiger partial charge in [-0.25, -0.2) is 0 Å². The number of para-hydroxylation sites is 2. The van der Waals surface area contributed by atoms with Crippen LogP contribution >= 0.6 is 23.1 Å². The highest BCUT2D eigenvalue weighted by Gasteiger charge is 2.17. The molecule has 7 heteroatoms. The maximum absolute atomic E-state index is 12.6. The van der Waals surface area contributed by atoms with Gasteiger partial charge in [-0.05, 0) is 48.6 Å². The van der Waals surface area contributed by atoms with Crippen LogP contribution < -0.4 is 5.32 Å². The van der Waals surface area contributed by atoms with Gasteiger partial charge in [0.05, 0.1) is 5.75 Å². The SMILES string of the molecule is Cc1cccc(C)c1NC(=O)CSc1nnc(Cc2cccs2)n1-c1ccccc1. The lowest BCUT2D eigenvalue weighted by Crippen LogP contribution is -2.16. The van der Waals surface area contributed by atoms with E-state index in [1.165, 1.54) is 16.6 Å². The summed E-state index contributed by atoms with van der Waals surface area (Å²) in [4.78, 5) is 13.8. The second-order valence-electron chi connectivity index (χ2n) is 6.93. The van der Waals surface area contributed by atoms with Crippen molar-refractivity contribution >= 4 is 34.7 Å². The van der Waals surface area contributed by atoms with Gasteiger partial charge in [0.2, 0.25) is 5.91 Å². The van der Waals surface area contributed by atoms with Gasteiger partial charge < -0.3 is 5.32 Å². The Kier molecular flexibility index (Phi) is 6.30. The number of carbonyl (C=O) groups is 1. The van der Waals surface area contributed by atoms with Crippen LogP contribution in [0.5, 0.6) is 0 Å². The van der Waals surface area contributed by atoms with Crippen molar-refractivity contribution in [2.45, 2.75) is 25.4 Å². The molecule has 0 fully saturated rings. The predicted octanol–water partition coefficient (Wildman–Crippen LogP) is 5.27. The first-order valence-corrected chi connectivity index (χ1v) is 11.5. The van der Waals surface area contributed by atoms with Crippen LogP contribution in [0.4, 0.5) is 5.69 Å². The Morgan fingerprint density at radius 1 is 1.00 bits per heavy atom. The number of amides is 1. The molecule has 2 aromatic heterocycles. The van der Waals surface area contributed by atoms with Crippen molar-refractivity contribution in [1.82, 2.24) is 14.8 Å². The second kappa shape index (κ2) is 9.28. The normalized spacial score (nSPS) is 10.9. The zero-order valence-corrected chi connectivity index (χ0v) is 18.5. The molecule has 4 rings (SSSR count). The van der Waals surface area contributed by atoms with Crippen molar-refractivity contribution in [2.24, 2.45) is 0 Å². The zero-order valence-electron chi connectivity index (χ0n) is 16.8. The van der Waals surface area contributed by atoms with E-state index in [1.807, 2.05) is 73.0 Å². The Balaban J connectivity index is 1.54. The van der Waals surface area contributed by atoms with Crippen LogP contribution in [-0.4, -0.2) is 26.4 Å². The summed E-state index contributed by atoms with van der Waals surface area (Å²) in [5.41, 5.74) is 3.98. The Morgan fingerprint density at radius 3 is 2.47 bits per heavy atom. The molecule has 4 aromatic rings. The number of rotatable bonds is 7. The summed E-state index contributed by atoms with van der Waals surface area (Å²) in [6, 6.07) is 20.2. The molecule has 0 aliphatic rings. The van der Waals surface area contributed by atoms with E-state index in [2.05, 4.69) is 27.0 Å². The van der Waals surface area contributed by atoms with Crippen molar-refractivity contribution in [3.8, 4) is 5.69 Å². The molecular weight excluding hydrogens is 412 g/mol. The minimum absolute atomic E-state index is 0.0557. The van der Waals surface area contributed by atoms with E-state index in [4.69, 9.17) is 0 Å². The highest BCUT2D eigenvalue weighted by atomic mass is 32.2. The Morgan fingerprint density at radius 2 is 1.77 bits per heavy atom. The van der Waals surface area contributed by atoms with E-state index >= 15 is 0 Å². The van der Waals surface area contributed by atoms with Gasteiger partial charge in [-0.15, -0.1) is 21.5 Å². The number of hydrogen-bond acceptors (Lipinski definition) is 5. The summed E-state index contributed by atoms with van der Waals surface area (Å²) in [5, 5.41) is 14.6. The molecule has 0 aliphatic carbocycles. The Bertz CT molecular complexity index is 1120. The Labute approximate surface area is 184 Å². The van der Waals surface area contributed by atoms with Gasteiger partial charge in [0.15, 0.2) is 5.16 Å². The molecule has 0 radical (unpaired) electrons.